The van der Waals surface area contributed by atoms with Gasteiger partial charge in [0, 0.05) is 25.0 Å². The highest BCUT2D eigenvalue weighted by Crippen LogP contribution is 2.19. The third-order valence-corrected chi connectivity index (χ3v) is 3.14. The lowest BCUT2D eigenvalue weighted by atomic mass is 10.2. The molecule has 1 aromatic rings. The summed E-state index contributed by atoms with van der Waals surface area (Å²) in [5, 5.41) is 4.06. The molecule has 1 heterocycles. The molecule has 96 valence electrons. The van der Waals surface area contributed by atoms with Gasteiger partial charge in [-0.25, -0.2) is 0 Å². The number of thiocarbonyl (C=S) groups is 1. The topological polar surface area (TPSA) is 31.1 Å². The van der Waals surface area contributed by atoms with Crippen molar-refractivity contribution in [2.75, 3.05) is 18.0 Å². The molecule has 0 saturated carbocycles. The van der Waals surface area contributed by atoms with Gasteiger partial charge < -0.3 is 15.2 Å². The predicted molar refractivity (Wildman–Crippen MR) is 78.7 cm³/mol. The van der Waals surface area contributed by atoms with Crippen LogP contribution < -0.4 is 10.2 Å². The fourth-order valence-corrected chi connectivity index (χ4v) is 2.17. The van der Waals surface area contributed by atoms with E-state index in [9.17, 15) is 0 Å². The Bertz CT molecular complexity index is 346. The van der Waals surface area contributed by atoms with Crippen molar-refractivity contribution in [2.45, 2.75) is 40.0 Å². The molecule has 0 amide bonds. The third kappa shape index (κ3) is 4.04. The maximum absolute atomic E-state index is 5.43. The maximum atomic E-state index is 5.43. The second-order valence-corrected chi connectivity index (χ2v) is 4.57. The van der Waals surface area contributed by atoms with Crippen molar-refractivity contribution >= 4 is 23.0 Å². The zero-order valence-electron chi connectivity index (χ0n) is 11.0. The fourth-order valence-electron chi connectivity index (χ4n) is 1.83. The van der Waals surface area contributed by atoms with Gasteiger partial charge in [0.25, 0.3) is 0 Å². The lowest BCUT2D eigenvalue weighted by molar-refractivity contribution is 0.717. The molecule has 0 radical (unpaired) electrons. The summed E-state index contributed by atoms with van der Waals surface area (Å²) in [4.78, 5) is 5.40. The Morgan fingerprint density at radius 3 is 2.71 bits per heavy atom. The lowest BCUT2D eigenvalue weighted by Gasteiger charge is -2.25. The van der Waals surface area contributed by atoms with E-state index in [0.29, 0.717) is 0 Å². The number of H-pyrrole nitrogens is 1. The molecule has 17 heavy (non-hydrogen) atoms. The van der Waals surface area contributed by atoms with E-state index in [4.69, 9.17) is 12.2 Å². The highest BCUT2D eigenvalue weighted by atomic mass is 32.1. The van der Waals surface area contributed by atoms with Crippen LogP contribution in [0.4, 0.5) is 5.69 Å². The van der Waals surface area contributed by atoms with Gasteiger partial charge in [-0.1, -0.05) is 19.8 Å². The van der Waals surface area contributed by atoms with E-state index in [2.05, 4.69) is 42.0 Å². The van der Waals surface area contributed by atoms with Crippen molar-refractivity contribution < 1.29 is 0 Å². The zero-order chi connectivity index (χ0) is 12.7. The van der Waals surface area contributed by atoms with Crippen LogP contribution in [0.1, 0.15) is 38.8 Å². The van der Waals surface area contributed by atoms with Crippen LogP contribution in [0.3, 0.4) is 0 Å². The summed E-state index contributed by atoms with van der Waals surface area (Å²) in [7, 11) is 0. The Kier molecular flexibility index (Phi) is 6.05. The Balaban J connectivity index is 2.72. The van der Waals surface area contributed by atoms with Gasteiger partial charge >= 0.3 is 0 Å². The van der Waals surface area contributed by atoms with Gasteiger partial charge in [-0.2, -0.15) is 0 Å². The van der Waals surface area contributed by atoms with Crippen molar-refractivity contribution in [3.05, 3.63) is 18.0 Å². The molecule has 0 fully saturated rings. The highest BCUT2D eigenvalue weighted by Gasteiger charge is 2.13. The number of anilines is 1. The first-order valence-electron chi connectivity index (χ1n) is 6.40. The molecule has 0 saturated heterocycles. The lowest BCUT2D eigenvalue weighted by Crippen LogP contribution is -2.40. The van der Waals surface area contributed by atoms with E-state index >= 15 is 0 Å². The molecule has 0 aliphatic rings. The average Bonchev–Trinajstić information content (AvgIpc) is 2.71. The van der Waals surface area contributed by atoms with E-state index in [1.54, 1.807) is 0 Å². The summed E-state index contributed by atoms with van der Waals surface area (Å²) < 4.78 is 0. The number of aryl methyl sites for hydroxylation is 1. The molecule has 1 rings (SSSR count). The van der Waals surface area contributed by atoms with Crippen LogP contribution in [-0.4, -0.2) is 23.2 Å². The summed E-state index contributed by atoms with van der Waals surface area (Å²) in [5.74, 6) is 0. The predicted octanol–water partition coefficient (Wildman–Crippen LogP) is 3.21. The van der Waals surface area contributed by atoms with Crippen molar-refractivity contribution in [1.82, 2.24) is 10.3 Å². The van der Waals surface area contributed by atoms with Crippen LogP contribution in [0, 0.1) is 6.92 Å². The minimum atomic E-state index is 0.825. The van der Waals surface area contributed by atoms with Gasteiger partial charge in [-0.3, -0.25) is 0 Å². The Morgan fingerprint density at radius 2 is 2.18 bits per heavy atom. The third-order valence-electron chi connectivity index (χ3n) is 2.77. The number of unbranched alkanes of at least 4 members (excludes halogenated alkanes) is 2. The largest absolute Gasteiger partial charge is 0.363 e. The van der Waals surface area contributed by atoms with E-state index in [1.807, 2.05) is 6.20 Å². The molecule has 0 atom stereocenters. The first kappa shape index (κ1) is 14.0. The average molecular weight is 253 g/mol. The number of nitrogens with zero attached hydrogens (tertiary/aromatic N) is 1. The minimum absolute atomic E-state index is 0.825. The van der Waals surface area contributed by atoms with E-state index in [1.165, 1.54) is 30.6 Å². The summed E-state index contributed by atoms with van der Waals surface area (Å²) in [5.41, 5.74) is 2.36. The van der Waals surface area contributed by atoms with Crippen molar-refractivity contribution in [3.8, 4) is 0 Å². The Labute approximate surface area is 110 Å². The maximum Gasteiger partial charge on any atom is 0.173 e. The summed E-state index contributed by atoms with van der Waals surface area (Å²) >= 11 is 5.43. The number of hydrogen-bond acceptors (Lipinski definition) is 1. The molecule has 0 aromatic carbocycles. The van der Waals surface area contributed by atoms with Crippen LogP contribution in [-0.2, 0) is 0 Å². The van der Waals surface area contributed by atoms with Crippen LogP contribution in [0.25, 0.3) is 0 Å². The Morgan fingerprint density at radius 1 is 1.41 bits per heavy atom. The molecule has 3 nitrogen and oxygen atoms in total. The second kappa shape index (κ2) is 7.33. The summed E-state index contributed by atoms with van der Waals surface area (Å²) in [6.45, 7) is 8.22. The van der Waals surface area contributed by atoms with Gasteiger partial charge in [0.2, 0.25) is 0 Å². The normalized spacial score (nSPS) is 10.3. The molecule has 4 heteroatoms. The summed E-state index contributed by atoms with van der Waals surface area (Å²) in [6.07, 6.45) is 5.61. The number of aromatic nitrogens is 1. The van der Waals surface area contributed by atoms with Crippen molar-refractivity contribution in [3.63, 3.8) is 0 Å². The second-order valence-electron chi connectivity index (χ2n) is 4.18. The van der Waals surface area contributed by atoms with E-state index in [-0.39, 0.29) is 0 Å². The fraction of sp³-hybridized carbons (Fsp3) is 0.615. The smallest absolute Gasteiger partial charge is 0.173 e. The molecule has 0 aliphatic carbocycles. The molecule has 0 unspecified atom stereocenters. The summed E-state index contributed by atoms with van der Waals surface area (Å²) in [6, 6.07) is 2.09. The number of hydrogen-bond donors (Lipinski definition) is 2. The minimum Gasteiger partial charge on any atom is -0.363 e. The first-order valence-corrected chi connectivity index (χ1v) is 6.80. The highest BCUT2D eigenvalue weighted by molar-refractivity contribution is 7.80. The number of nitrogens with one attached hydrogen (secondary N) is 2. The van der Waals surface area contributed by atoms with Crippen LogP contribution in [0.5, 0.6) is 0 Å². The van der Waals surface area contributed by atoms with E-state index in [0.717, 1.165) is 18.2 Å². The van der Waals surface area contributed by atoms with Gasteiger partial charge in [0.1, 0.15) is 0 Å². The molecule has 2 N–H and O–H groups in total. The molecule has 1 aromatic heterocycles. The van der Waals surface area contributed by atoms with Gasteiger partial charge in [0.05, 0.1) is 5.69 Å². The monoisotopic (exact) mass is 253 g/mol. The van der Waals surface area contributed by atoms with Gasteiger partial charge in [-0.15, -0.1) is 0 Å². The van der Waals surface area contributed by atoms with E-state index < -0.39 is 0 Å². The quantitative estimate of drug-likeness (QED) is 0.603. The molecular weight excluding hydrogens is 230 g/mol. The zero-order valence-corrected chi connectivity index (χ0v) is 11.9. The number of aromatic amines is 1. The first-order chi connectivity index (χ1) is 8.20. The number of rotatable bonds is 6. The van der Waals surface area contributed by atoms with Crippen LogP contribution in [0.2, 0.25) is 0 Å². The SMILES string of the molecule is CCCCCN(C(=S)NCC)c1cc[nH]c1C. The molecular formula is C13H23N3S. The van der Waals surface area contributed by atoms with Crippen LogP contribution >= 0.6 is 12.2 Å². The van der Waals surface area contributed by atoms with Gasteiger partial charge in [-0.05, 0) is 38.6 Å². The van der Waals surface area contributed by atoms with Crippen molar-refractivity contribution in [2.24, 2.45) is 0 Å². The molecule has 0 aliphatic heterocycles. The standard InChI is InChI=1S/C13H23N3S/c1-4-6-7-10-16(13(17)14-5-2)12-8-9-15-11(12)3/h8-9,15H,4-7,10H2,1-3H3,(H,14,17). The van der Waals surface area contributed by atoms with Gasteiger partial charge in [0.15, 0.2) is 5.11 Å². The Hall–Kier alpha value is -1.03. The van der Waals surface area contributed by atoms with Crippen molar-refractivity contribution in [1.29, 1.82) is 0 Å². The molecule has 0 spiro atoms. The van der Waals surface area contributed by atoms with Crippen LogP contribution in [0.15, 0.2) is 12.3 Å². The molecule has 0 bridgehead atoms.